The number of carbonyl (C=O) groups is 2. The van der Waals surface area contributed by atoms with Crippen molar-refractivity contribution in [3.8, 4) is 0 Å². The number of hydrogen-bond acceptors (Lipinski definition) is 4. The van der Waals surface area contributed by atoms with Crippen molar-refractivity contribution in [2.24, 2.45) is 0 Å². The highest BCUT2D eigenvalue weighted by molar-refractivity contribution is 5.79. The zero-order valence-corrected chi connectivity index (χ0v) is 12.1. The van der Waals surface area contributed by atoms with Crippen LogP contribution >= 0.6 is 0 Å². The van der Waals surface area contributed by atoms with E-state index in [2.05, 4.69) is 18.6 Å². The topological polar surface area (TPSA) is 49.9 Å². The van der Waals surface area contributed by atoms with Crippen LogP contribution in [-0.4, -0.2) is 61.5 Å². The van der Waals surface area contributed by atoms with Gasteiger partial charge in [0, 0.05) is 13.1 Å². The van der Waals surface area contributed by atoms with Crippen LogP contribution in [0.5, 0.6) is 0 Å². The SMILES string of the molecule is CCCN(CCC)C(=O)CN(CC)CC(=O)OC. The number of esters is 1. The summed E-state index contributed by atoms with van der Waals surface area (Å²) in [5, 5.41) is 0. The normalized spacial score (nSPS) is 10.5. The number of methoxy groups -OCH3 is 1. The van der Waals surface area contributed by atoms with E-state index in [1.54, 1.807) is 4.90 Å². The van der Waals surface area contributed by atoms with Crippen LogP contribution in [0.15, 0.2) is 0 Å². The lowest BCUT2D eigenvalue weighted by Crippen LogP contribution is -2.42. The van der Waals surface area contributed by atoms with Gasteiger partial charge in [0.15, 0.2) is 0 Å². The summed E-state index contributed by atoms with van der Waals surface area (Å²) in [6.45, 7) is 8.72. The monoisotopic (exact) mass is 258 g/mol. The fourth-order valence-electron chi connectivity index (χ4n) is 1.72. The van der Waals surface area contributed by atoms with Crippen LogP contribution in [0.1, 0.15) is 33.6 Å². The standard InChI is InChI=1S/C13H26N2O3/c1-5-8-15(9-6-2)12(16)10-14(7-3)11-13(17)18-4/h5-11H2,1-4H3. The number of rotatable bonds is 9. The largest absolute Gasteiger partial charge is 0.468 e. The maximum absolute atomic E-state index is 12.1. The van der Waals surface area contributed by atoms with Crippen LogP contribution in [0.2, 0.25) is 0 Å². The van der Waals surface area contributed by atoms with Gasteiger partial charge in [0.05, 0.1) is 20.2 Å². The molecule has 0 aliphatic carbocycles. The van der Waals surface area contributed by atoms with Crippen molar-refractivity contribution >= 4 is 11.9 Å². The summed E-state index contributed by atoms with van der Waals surface area (Å²) < 4.78 is 4.61. The molecule has 18 heavy (non-hydrogen) atoms. The molecule has 0 heterocycles. The summed E-state index contributed by atoms with van der Waals surface area (Å²) in [6, 6.07) is 0. The number of nitrogens with zero attached hydrogens (tertiary/aromatic N) is 2. The minimum absolute atomic E-state index is 0.0875. The Morgan fingerprint density at radius 2 is 1.56 bits per heavy atom. The molecule has 106 valence electrons. The minimum Gasteiger partial charge on any atom is -0.468 e. The van der Waals surface area contributed by atoms with Gasteiger partial charge in [-0.1, -0.05) is 20.8 Å². The van der Waals surface area contributed by atoms with Crippen molar-refractivity contribution in [3.05, 3.63) is 0 Å². The number of ether oxygens (including phenoxy) is 1. The fourth-order valence-corrected chi connectivity index (χ4v) is 1.72. The van der Waals surface area contributed by atoms with Gasteiger partial charge in [0.25, 0.3) is 0 Å². The van der Waals surface area contributed by atoms with Gasteiger partial charge in [-0.15, -0.1) is 0 Å². The maximum Gasteiger partial charge on any atom is 0.319 e. The van der Waals surface area contributed by atoms with Gasteiger partial charge in [-0.05, 0) is 19.4 Å². The quantitative estimate of drug-likeness (QED) is 0.582. The van der Waals surface area contributed by atoms with Crippen molar-refractivity contribution < 1.29 is 14.3 Å². The van der Waals surface area contributed by atoms with Crippen LogP contribution < -0.4 is 0 Å². The molecule has 5 heteroatoms. The Bertz CT molecular complexity index is 251. The van der Waals surface area contributed by atoms with Gasteiger partial charge >= 0.3 is 5.97 Å². The first-order chi connectivity index (χ1) is 8.58. The second-order valence-corrected chi connectivity index (χ2v) is 4.26. The van der Waals surface area contributed by atoms with Crippen molar-refractivity contribution in [1.29, 1.82) is 0 Å². The van der Waals surface area contributed by atoms with Crippen LogP contribution in [0.25, 0.3) is 0 Å². The fraction of sp³-hybridized carbons (Fsp3) is 0.846. The van der Waals surface area contributed by atoms with E-state index in [4.69, 9.17) is 0 Å². The molecule has 0 N–H and O–H groups in total. The first kappa shape index (κ1) is 16.9. The zero-order chi connectivity index (χ0) is 14.0. The summed E-state index contributed by atoms with van der Waals surface area (Å²) in [7, 11) is 1.36. The second-order valence-electron chi connectivity index (χ2n) is 4.26. The number of hydrogen-bond donors (Lipinski definition) is 0. The van der Waals surface area contributed by atoms with E-state index in [1.807, 2.05) is 11.8 Å². The average molecular weight is 258 g/mol. The Labute approximate surface area is 110 Å². The number of carbonyl (C=O) groups excluding carboxylic acids is 2. The van der Waals surface area contributed by atoms with Crippen LogP contribution in [-0.2, 0) is 14.3 Å². The van der Waals surface area contributed by atoms with E-state index in [0.29, 0.717) is 6.54 Å². The molecule has 0 bridgehead atoms. The lowest BCUT2D eigenvalue weighted by molar-refractivity contribution is -0.142. The molecule has 0 saturated carbocycles. The lowest BCUT2D eigenvalue weighted by atomic mass is 10.3. The molecule has 1 amide bonds. The lowest BCUT2D eigenvalue weighted by Gasteiger charge is -2.25. The highest BCUT2D eigenvalue weighted by Gasteiger charge is 2.17. The molecule has 0 fully saturated rings. The van der Waals surface area contributed by atoms with E-state index in [9.17, 15) is 9.59 Å². The Hall–Kier alpha value is -1.10. The Morgan fingerprint density at radius 3 is 1.94 bits per heavy atom. The first-order valence-corrected chi connectivity index (χ1v) is 6.65. The van der Waals surface area contributed by atoms with Gasteiger partial charge in [-0.2, -0.15) is 0 Å². The highest BCUT2D eigenvalue weighted by Crippen LogP contribution is 1.98. The molecule has 0 aromatic carbocycles. The van der Waals surface area contributed by atoms with Crippen LogP contribution in [0.3, 0.4) is 0 Å². The molecule has 0 aromatic rings. The minimum atomic E-state index is -0.304. The third kappa shape index (κ3) is 6.59. The van der Waals surface area contributed by atoms with Crippen LogP contribution in [0, 0.1) is 0 Å². The number of amides is 1. The molecule has 0 aliphatic heterocycles. The molecule has 0 unspecified atom stereocenters. The molecule has 0 aromatic heterocycles. The van der Waals surface area contributed by atoms with Crippen molar-refractivity contribution in [2.75, 3.05) is 39.8 Å². The predicted octanol–water partition coefficient (Wildman–Crippen LogP) is 1.13. The average Bonchev–Trinajstić information content (AvgIpc) is 2.37. The van der Waals surface area contributed by atoms with E-state index in [0.717, 1.165) is 25.9 Å². The molecule has 5 nitrogen and oxygen atoms in total. The molecule has 0 aliphatic rings. The van der Waals surface area contributed by atoms with Gasteiger partial charge in [0.1, 0.15) is 0 Å². The van der Waals surface area contributed by atoms with Crippen molar-refractivity contribution in [1.82, 2.24) is 9.80 Å². The summed E-state index contributed by atoms with van der Waals surface area (Å²) in [5.74, 6) is -0.216. The van der Waals surface area contributed by atoms with Crippen molar-refractivity contribution in [2.45, 2.75) is 33.6 Å². The summed E-state index contributed by atoms with van der Waals surface area (Å²) in [4.78, 5) is 26.9. The van der Waals surface area contributed by atoms with Gasteiger partial charge in [0.2, 0.25) is 5.91 Å². The van der Waals surface area contributed by atoms with Gasteiger partial charge in [-0.3, -0.25) is 14.5 Å². The molecule has 0 saturated heterocycles. The summed E-state index contributed by atoms with van der Waals surface area (Å²) in [6.07, 6.45) is 1.91. The molecular formula is C13H26N2O3. The zero-order valence-electron chi connectivity index (χ0n) is 12.1. The van der Waals surface area contributed by atoms with Crippen molar-refractivity contribution in [3.63, 3.8) is 0 Å². The molecule has 0 rings (SSSR count). The Balaban J connectivity index is 4.33. The molecular weight excluding hydrogens is 232 g/mol. The maximum atomic E-state index is 12.1. The van der Waals surface area contributed by atoms with E-state index < -0.39 is 0 Å². The highest BCUT2D eigenvalue weighted by atomic mass is 16.5. The molecule has 0 atom stereocenters. The molecule has 0 radical (unpaired) electrons. The summed E-state index contributed by atoms with van der Waals surface area (Å²) >= 11 is 0. The van der Waals surface area contributed by atoms with Crippen LogP contribution in [0.4, 0.5) is 0 Å². The second kappa shape index (κ2) is 9.88. The van der Waals surface area contributed by atoms with E-state index in [1.165, 1.54) is 7.11 Å². The van der Waals surface area contributed by atoms with Gasteiger partial charge < -0.3 is 9.64 Å². The Morgan fingerprint density at radius 1 is 1.00 bits per heavy atom. The number of likely N-dealkylation sites (N-methyl/N-ethyl adjacent to an activating group) is 1. The van der Waals surface area contributed by atoms with Gasteiger partial charge in [-0.25, -0.2) is 0 Å². The smallest absolute Gasteiger partial charge is 0.319 e. The van der Waals surface area contributed by atoms with E-state index >= 15 is 0 Å². The molecule has 0 spiro atoms. The summed E-state index contributed by atoms with van der Waals surface area (Å²) in [5.41, 5.74) is 0. The Kier molecular flexibility index (Phi) is 9.28. The third-order valence-corrected chi connectivity index (χ3v) is 2.73. The first-order valence-electron chi connectivity index (χ1n) is 6.65. The third-order valence-electron chi connectivity index (χ3n) is 2.73. The predicted molar refractivity (Wildman–Crippen MR) is 71.3 cm³/mol. The van der Waals surface area contributed by atoms with E-state index in [-0.39, 0.29) is 25.0 Å².